The number of ether oxygens (including phenoxy) is 3. The first kappa shape index (κ1) is 25.5. The van der Waals surface area contributed by atoms with Crippen molar-refractivity contribution in [2.45, 2.75) is 39.7 Å². The summed E-state index contributed by atoms with van der Waals surface area (Å²) < 4.78 is 17.4. The van der Waals surface area contributed by atoms with E-state index < -0.39 is 5.91 Å². The molecule has 1 aromatic carbocycles. The third kappa shape index (κ3) is 6.54. The smallest absolute Gasteiger partial charge is 0.409 e. The van der Waals surface area contributed by atoms with Crippen LogP contribution in [-0.2, 0) is 9.53 Å². The standard InChI is InChI=1S/C25H28N4O6S/c1-15(2)13-33-25(32)29-10-8-19(9-11-29)35-23-16(3)22(26-14-27-23)34-18-6-4-17(5-7-18)12-20-21(30)28-24(31)36-20/h4-7,12,14-15,19H,8-11,13H2,1-3H3,(H,28,30,31)/b20-12-. The number of piperidine rings is 1. The maximum absolute atomic E-state index is 12.2. The van der Waals surface area contributed by atoms with Crippen molar-refractivity contribution in [1.82, 2.24) is 20.2 Å². The van der Waals surface area contributed by atoms with E-state index in [0.29, 0.717) is 66.4 Å². The fraction of sp³-hybridized carbons (Fsp3) is 0.400. The molecule has 4 rings (SSSR count). The van der Waals surface area contributed by atoms with Gasteiger partial charge in [-0.15, -0.1) is 0 Å². The zero-order chi connectivity index (χ0) is 25.7. The predicted molar refractivity (Wildman–Crippen MR) is 134 cm³/mol. The van der Waals surface area contributed by atoms with Crippen LogP contribution in [0.3, 0.4) is 0 Å². The van der Waals surface area contributed by atoms with E-state index in [0.717, 1.165) is 17.3 Å². The van der Waals surface area contributed by atoms with E-state index in [1.807, 2.05) is 20.8 Å². The molecule has 2 fully saturated rings. The second-order valence-corrected chi connectivity index (χ2v) is 9.92. The molecule has 190 valence electrons. The van der Waals surface area contributed by atoms with E-state index >= 15 is 0 Å². The van der Waals surface area contributed by atoms with E-state index in [4.69, 9.17) is 14.2 Å². The van der Waals surface area contributed by atoms with Crippen molar-refractivity contribution in [2.75, 3.05) is 19.7 Å². The molecule has 2 aliphatic heterocycles. The summed E-state index contributed by atoms with van der Waals surface area (Å²) in [6, 6.07) is 7.07. The molecule has 2 aromatic rings. The first-order valence-electron chi connectivity index (χ1n) is 11.7. The van der Waals surface area contributed by atoms with Crippen molar-refractivity contribution in [3.63, 3.8) is 0 Å². The van der Waals surface area contributed by atoms with Crippen molar-refractivity contribution in [2.24, 2.45) is 5.92 Å². The van der Waals surface area contributed by atoms with Gasteiger partial charge in [-0.2, -0.15) is 0 Å². The average Bonchev–Trinajstić information content (AvgIpc) is 3.18. The fourth-order valence-corrected chi connectivity index (χ4v) is 4.28. The van der Waals surface area contributed by atoms with E-state index in [1.54, 1.807) is 35.2 Å². The zero-order valence-electron chi connectivity index (χ0n) is 20.4. The molecule has 2 saturated heterocycles. The second-order valence-electron chi connectivity index (χ2n) is 8.91. The summed E-state index contributed by atoms with van der Waals surface area (Å²) in [6.07, 6.45) is 4.03. The minimum Gasteiger partial charge on any atom is -0.474 e. The summed E-state index contributed by atoms with van der Waals surface area (Å²) in [7, 11) is 0. The summed E-state index contributed by atoms with van der Waals surface area (Å²) >= 11 is 0.871. The predicted octanol–water partition coefficient (Wildman–Crippen LogP) is 4.54. The summed E-state index contributed by atoms with van der Waals surface area (Å²) in [5.74, 6) is 1.27. The Morgan fingerprint density at radius 3 is 2.50 bits per heavy atom. The molecule has 1 N–H and O–H groups in total. The number of carbonyl (C=O) groups is 3. The Balaban J connectivity index is 1.33. The maximum Gasteiger partial charge on any atom is 0.409 e. The van der Waals surface area contributed by atoms with Gasteiger partial charge >= 0.3 is 6.09 Å². The molecule has 36 heavy (non-hydrogen) atoms. The second kappa shape index (κ2) is 11.4. The van der Waals surface area contributed by atoms with E-state index in [2.05, 4.69) is 15.3 Å². The summed E-state index contributed by atoms with van der Waals surface area (Å²) in [5, 5.41) is 1.85. The van der Waals surface area contributed by atoms with Crippen molar-refractivity contribution >= 4 is 35.1 Å². The van der Waals surface area contributed by atoms with Crippen LogP contribution in [0.25, 0.3) is 6.08 Å². The van der Waals surface area contributed by atoms with Gasteiger partial charge in [0.15, 0.2) is 0 Å². The quantitative estimate of drug-likeness (QED) is 0.533. The van der Waals surface area contributed by atoms with Crippen molar-refractivity contribution < 1.29 is 28.6 Å². The summed E-state index contributed by atoms with van der Waals surface area (Å²) in [5.41, 5.74) is 1.43. The largest absolute Gasteiger partial charge is 0.474 e. The Morgan fingerprint density at radius 2 is 1.86 bits per heavy atom. The number of nitrogens with zero attached hydrogens (tertiary/aromatic N) is 3. The minimum atomic E-state index is -0.397. The molecule has 0 saturated carbocycles. The Kier molecular flexibility index (Phi) is 8.09. The van der Waals surface area contributed by atoms with Gasteiger partial charge in [0.25, 0.3) is 11.1 Å². The van der Waals surface area contributed by atoms with Gasteiger partial charge in [-0.1, -0.05) is 26.0 Å². The minimum absolute atomic E-state index is 0.0783. The molecule has 3 amide bonds. The highest BCUT2D eigenvalue weighted by Gasteiger charge is 2.27. The summed E-state index contributed by atoms with van der Waals surface area (Å²) in [6.45, 7) is 7.37. The van der Waals surface area contributed by atoms with Gasteiger partial charge in [0.1, 0.15) is 18.2 Å². The van der Waals surface area contributed by atoms with Crippen LogP contribution in [0.4, 0.5) is 9.59 Å². The molecule has 10 nitrogen and oxygen atoms in total. The van der Waals surface area contributed by atoms with Gasteiger partial charge in [0, 0.05) is 25.9 Å². The Labute approximate surface area is 213 Å². The number of rotatable bonds is 7. The number of aromatic nitrogens is 2. The topological polar surface area (TPSA) is 120 Å². The van der Waals surface area contributed by atoms with Crippen LogP contribution in [0.1, 0.15) is 37.8 Å². The number of hydrogen-bond acceptors (Lipinski definition) is 9. The van der Waals surface area contributed by atoms with Gasteiger partial charge in [-0.05, 0) is 48.4 Å². The molecular weight excluding hydrogens is 484 g/mol. The SMILES string of the molecule is Cc1c(Oc2ccc(/C=C3\SC(=O)NC3=O)cc2)ncnc1OC1CCN(C(=O)OCC(C)C)CC1. The maximum atomic E-state index is 12.2. The van der Waals surface area contributed by atoms with Crippen LogP contribution in [-0.4, -0.2) is 57.9 Å². The molecular formula is C25H28N4O6S. The Hall–Kier alpha value is -3.60. The van der Waals surface area contributed by atoms with Crippen LogP contribution in [0.15, 0.2) is 35.5 Å². The van der Waals surface area contributed by atoms with E-state index in [-0.39, 0.29) is 17.4 Å². The van der Waals surface area contributed by atoms with Crippen LogP contribution < -0.4 is 14.8 Å². The van der Waals surface area contributed by atoms with Crippen LogP contribution in [0.2, 0.25) is 0 Å². The lowest BCUT2D eigenvalue weighted by atomic mass is 10.1. The van der Waals surface area contributed by atoms with Gasteiger partial charge in [-0.25, -0.2) is 14.8 Å². The zero-order valence-corrected chi connectivity index (χ0v) is 21.2. The molecule has 0 aliphatic carbocycles. The molecule has 0 atom stereocenters. The first-order chi connectivity index (χ1) is 17.3. The lowest BCUT2D eigenvalue weighted by molar-refractivity contribution is -0.115. The number of amides is 3. The molecule has 11 heteroatoms. The number of hydrogen-bond donors (Lipinski definition) is 1. The van der Waals surface area contributed by atoms with Crippen LogP contribution >= 0.6 is 11.8 Å². The number of benzene rings is 1. The molecule has 1 aromatic heterocycles. The van der Waals surface area contributed by atoms with Crippen LogP contribution in [0, 0.1) is 12.8 Å². The van der Waals surface area contributed by atoms with Gasteiger partial charge in [0.05, 0.1) is 17.1 Å². The molecule has 0 radical (unpaired) electrons. The molecule has 2 aliphatic rings. The highest BCUT2D eigenvalue weighted by atomic mass is 32.2. The number of carbonyl (C=O) groups excluding carboxylic acids is 3. The number of imide groups is 1. The number of thioether (sulfide) groups is 1. The molecule has 0 bridgehead atoms. The summed E-state index contributed by atoms with van der Waals surface area (Å²) in [4.78, 5) is 45.7. The van der Waals surface area contributed by atoms with Crippen molar-refractivity contribution in [3.8, 4) is 17.5 Å². The normalized spacial score (nSPS) is 17.4. The number of likely N-dealkylation sites (tertiary alicyclic amines) is 1. The Bertz CT molecular complexity index is 1160. The van der Waals surface area contributed by atoms with Gasteiger partial charge < -0.3 is 19.1 Å². The lowest BCUT2D eigenvalue weighted by Gasteiger charge is -2.31. The first-order valence-corrected chi connectivity index (χ1v) is 12.5. The lowest BCUT2D eigenvalue weighted by Crippen LogP contribution is -2.42. The van der Waals surface area contributed by atoms with Crippen LogP contribution in [0.5, 0.6) is 17.5 Å². The third-order valence-corrected chi connectivity index (χ3v) is 6.36. The van der Waals surface area contributed by atoms with E-state index in [9.17, 15) is 14.4 Å². The Morgan fingerprint density at radius 1 is 1.17 bits per heavy atom. The molecule has 0 spiro atoms. The van der Waals surface area contributed by atoms with Crippen molar-refractivity contribution in [3.05, 3.63) is 46.6 Å². The highest BCUT2D eigenvalue weighted by Crippen LogP contribution is 2.30. The van der Waals surface area contributed by atoms with Crippen molar-refractivity contribution in [1.29, 1.82) is 0 Å². The highest BCUT2D eigenvalue weighted by molar-refractivity contribution is 8.18. The molecule has 0 unspecified atom stereocenters. The molecule has 3 heterocycles. The van der Waals surface area contributed by atoms with E-state index in [1.165, 1.54) is 6.33 Å². The van der Waals surface area contributed by atoms with Gasteiger partial charge in [-0.3, -0.25) is 14.9 Å². The fourth-order valence-electron chi connectivity index (χ4n) is 3.60. The van der Waals surface area contributed by atoms with Gasteiger partial charge in [0.2, 0.25) is 11.8 Å². The third-order valence-electron chi connectivity index (χ3n) is 5.54. The number of nitrogens with one attached hydrogen (secondary N) is 1. The average molecular weight is 513 g/mol. The monoisotopic (exact) mass is 512 g/mol.